The molecule has 0 radical (unpaired) electrons. The van der Waals surface area contributed by atoms with E-state index in [1.165, 1.54) is 27.2 Å². The highest BCUT2D eigenvalue weighted by atomic mass is 15.0. The standard InChI is InChI=1S/C58H37N5/c1-5-18-38(19-6-1)54-48-34-35-49-52-46(31-17-33-51(52)63(45-28-11-4-12-29-45)55(49)53(48)47-30-13-14-32-50(47)59-54)43-26-15-24-41(36-43)42-25-16-27-44(37-42)58-61-56(39-20-7-2-8-21-39)60-57(62-58)40-22-9-3-10-23-40/h1-37H. The third kappa shape index (κ3) is 6.34. The van der Waals surface area contributed by atoms with Gasteiger partial charge in [-0.2, -0.15) is 0 Å². The van der Waals surface area contributed by atoms with Gasteiger partial charge in [-0.3, -0.25) is 0 Å². The van der Waals surface area contributed by atoms with Gasteiger partial charge in [0.05, 0.1) is 22.2 Å². The summed E-state index contributed by atoms with van der Waals surface area (Å²) in [5.41, 5.74) is 13.8. The maximum absolute atomic E-state index is 5.28. The highest BCUT2D eigenvalue weighted by Crippen LogP contribution is 2.45. The van der Waals surface area contributed by atoms with E-state index in [2.05, 4.69) is 168 Å². The highest BCUT2D eigenvalue weighted by molar-refractivity contribution is 6.28. The van der Waals surface area contributed by atoms with E-state index in [4.69, 9.17) is 19.9 Å². The number of hydrogen-bond donors (Lipinski definition) is 0. The van der Waals surface area contributed by atoms with Crippen LogP contribution < -0.4 is 0 Å². The van der Waals surface area contributed by atoms with Gasteiger partial charge in [-0.25, -0.2) is 19.9 Å². The third-order valence-corrected chi connectivity index (χ3v) is 12.0. The second kappa shape index (κ2) is 15.2. The zero-order chi connectivity index (χ0) is 41.7. The number of rotatable bonds is 7. The van der Waals surface area contributed by atoms with Gasteiger partial charge >= 0.3 is 0 Å². The van der Waals surface area contributed by atoms with Crippen LogP contribution in [0.1, 0.15) is 0 Å². The first-order valence-corrected chi connectivity index (χ1v) is 21.2. The number of pyridine rings is 1. The molecule has 0 aliphatic rings. The Morgan fingerprint density at radius 3 is 1.46 bits per heavy atom. The van der Waals surface area contributed by atoms with E-state index in [1.807, 2.05) is 60.7 Å². The van der Waals surface area contributed by atoms with Crippen LogP contribution in [0.5, 0.6) is 0 Å². The number of nitrogens with zero attached hydrogens (tertiary/aromatic N) is 5. The van der Waals surface area contributed by atoms with E-state index in [0.29, 0.717) is 17.5 Å². The zero-order valence-corrected chi connectivity index (χ0v) is 34.1. The van der Waals surface area contributed by atoms with Gasteiger partial charge in [0.15, 0.2) is 17.5 Å². The molecule has 63 heavy (non-hydrogen) atoms. The van der Waals surface area contributed by atoms with Crippen LogP contribution in [0.4, 0.5) is 0 Å². The molecule has 3 heterocycles. The van der Waals surface area contributed by atoms with Crippen molar-refractivity contribution in [3.05, 3.63) is 224 Å². The molecule has 0 fully saturated rings. The van der Waals surface area contributed by atoms with Crippen molar-refractivity contribution < 1.29 is 0 Å². The fourth-order valence-corrected chi connectivity index (χ4v) is 9.13. The predicted molar refractivity (Wildman–Crippen MR) is 260 cm³/mol. The molecule has 0 unspecified atom stereocenters. The van der Waals surface area contributed by atoms with E-state index in [1.54, 1.807) is 0 Å². The van der Waals surface area contributed by atoms with Crippen LogP contribution in [-0.4, -0.2) is 24.5 Å². The molecule has 294 valence electrons. The summed E-state index contributed by atoms with van der Waals surface area (Å²) >= 11 is 0. The molecule has 0 aliphatic carbocycles. The first-order chi connectivity index (χ1) is 31.2. The number of fused-ring (bicyclic) bond motifs is 7. The summed E-state index contributed by atoms with van der Waals surface area (Å²) in [5.74, 6) is 1.91. The molecular formula is C58H37N5. The van der Waals surface area contributed by atoms with E-state index in [9.17, 15) is 0 Å². The van der Waals surface area contributed by atoms with Crippen LogP contribution in [0, 0.1) is 0 Å². The molecule has 5 nitrogen and oxygen atoms in total. The van der Waals surface area contributed by atoms with E-state index in [0.717, 1.165) is 72.1 Å². The Kier molecular flexibility index (Phi) is 8.75. The Bertz CT molecular complexity index is 3600. The molecule has 9 aromatic carbocycles. The maximum Gasteiger partial charge on any atom is 0.164 e. The van der Waals surface area contributed by atoms with Crippen molar-refractivity contribution in [2.24, 2.45) is 0 Å². The minimum absolute atomic E-state index is 0.629. The van der Waals surface area contributed by atoms with E-state index in [-0.39, 0.29) is 0 Å². The Morgan fingerprint density at radius 2 is 0.794 bits per heavy atom. The van der Waals surface area contributed by atoms with E-state index < -0.39 is 0 Å². The van der Waals surface area contributed by atoms with Gasteiger partial charge < -0.3 is 4.57 Å². The van der Waals surface area contributed by atoms with Crippen molar-refractivity contribution in [1.29, 1.82) is 0 Å². The van der Waals surface area contributed by atoms with Crippen LogP contribution in [0.3, 0.4) is 0 Å². The number of para-hydroxylation sites is 2. The zero-order valence-electron chi connectivity index (χ0n) is 34.1. The van der Waals surface area contributed by atoms with Gasteiger partial charge in [-0.15, -0.1) is 0 Å². The monoisotopic (exact) mass is 803 g/mol. The summed E-state index contributed by atoms with van der Waals surface area (Å²) < 4.78 is 2.45. The first-order valence-electron chi connectivity index (χ1n) is 21.2. The Hall–Kier alpha value is -8.54. The molecule has 12 rings (SSSR count). The van der Waals surface area contributed by atoms with Crippen molar-refractivity contribution in [2.45, 2.75) is 0 Å². The third-order valence-electron chi connectivity index (χ3n) is 12.0. The van der Waals surface area contributed by atoms with Crippen LogP contribution in [-0.2, 0) is 0 Å². The average Bonchev–Trinajstić information content (AvgIpc) is 3.72. The second-order valence-electron chi connectivity index (χ2n) is 15.8. The summed E-state index contributed by atoms with van der Waals surface area (Å²) in [4.78, 5) is 20.2. The minimum Gasteiger partial charge on any atom is -0.309 e. The van der Waals surface area contributed by atoms with Gasteiger partial charge in [0.1, 0.15) is 0 Å². The van der Waals surface area contributed by atoms with Crippen molar-refractivity contribution in [3.63, 3.8) is 0 Å². The molecule has 0 saturated carbocycles. The normalized spacial score (nSPS) is 11.5. The Balaban J connectivity index is 1.05. The molecule has 0 aliphatic heterocycles. The van der Waals surface area contributed by atoms with Gasteiger partial charge in [0.25, 0.3) is 0 Å². The Morgan fingerprint density at radius 1 is 0.302 bits per heavy atom. The average molecular weight is 804 g/mol. The van der Waals surface area contributed by atoms with Gasteiger partial charge in [0.2, 0.25) is 0 Å². The van der Waals surface area contributed by atoms with E-state index >= 15 is 0 Å². The van der Waals surface area contributed by atoms with Crippen molar-refractivity contribution >= 4 is 43.5 Å². The SMILES string of the molecule is c1ccc(-c2nc(-c3ccccc3)nc(-c3cccc(-c4cccc(-c5cccc6c5c5ccc7c(-c8ccccc8)nc8ccccc8c7c5n6-c5ccccc5)c4)c3)n2)cc1. The lowest BCUT2D eigenvalue weighted by Gasteiger charge is -2.14. The Labute approximate surface area is 364 Å². The minimum atomic E-state index is 0.629. The molecule has 0 amide bonds. The molecule has 0 saturated heterocycles. The largest absolute Gasteiger partial charge is 0.309 e. The molecule has 0 N–H and O–H groups in total. The maximum atomic E-state index is 5.28. The molecule has 3 aromatic heterocycles. The first kappa shape index (κ1) is 36.3. The van der Waals surface area contributed by atoms with Gasteiger partial charge in [-0.05, 0) is 58.7 Å². The molecule has 12 aromatic rings. The predicted octanol–water partition coefficient (Wildman–Crippen LogP) is 14.7. The highest BCUT2D eigenvalue weighted by Gasteiger charge is 2.22. The summed E-state index contributed by atoms with van der Waals surface area (Å²) in [7, 11) is 0. The van der Waals surface area contributed by atoms with Crippen LogP contribution in [0.25, 0.3) is 117 Å². The summed E-state index contributed by atoms with van der Waals surface area (Å²) in [6, 6.07) is 78.8. The quantitative estimate of drug-likeness (QED) is 0.151. The van der Waals surface area contributed by atoms with Crippen LogP contribution in [0.15, 0.2) is 224 Å². The van der Waals surface area contributed by atoms with Crippen LogP contribution in [0.2, 0.25) is 0 Å². The summed E-state index contributed by atoms with van der Waals surface area (Å²) in [6.45, 7) is 0. The topological polar surface area (TPSA) is 56.5 Å². The van der Waals surface area contributed by atoms with Gasteiger partial charge in [-0.1, -0.05) is 188 Å². The fraction of sp³-hybridized carbons (Fsp3) is 0. The fourth-order valence-electron chi connectivity index (χ4n) is 9.13. The smallest absolute Gasteiger partial charge is 0.164 e. The van der Waals surface area contributed by atoms with Crippen molar-refractivity contribution in [2.75, 3.05) is 0 Å². The van der Waals surface area contributed by atoms with Crippen molar-refractivity contribution in [1.82, 2.24) is 24.5 Å². The lowest BCUT2D eigenvalue weighted by Crippen LogP contribution is -2.00. The molecular weight excluding hydrogens is 767 g/mol. The van der Waals surface area contributed by atoms with Gasteiger partial charge in [0, 0.05) is 54.9 Å². The summed E-state index contributed by atoms with van der Waals surface area (Å²) in [5, 5.41) is 5.85. The summed E-state index contributed by atoms with van der Waals surface area (Å²) in [6.07, 6.45) is 0. The number of hydrogen-bond acceptors (Lipinski definition) is 4. The lowest BCUT2D eigenvalue weighted by atomic mass is 9.94. The molecule has 5 heteroatoms. The van der Waals surface area contributed by atoms with Crippen molar-refractivity contribution in [3.8, 4) is 73.4 Å². The molecule has 0 atom stereocenters. The second-order valence-corrected chi connectivity index (χ2v) is 15.8. The number of aromatic nitrogens is 5. The molecule has 0 bridgehead atoms. The number of benzene rings is 9. The molecule has 0 spiro atoms. The lowest BCUT2D eigenvalue weighted by molar-refractivity contribution is 1.07. The van der Waals surface area contributed by atoms with Crippen LogP contribution >= 0.6 is 0 Å².